The van der Waals surface area contributed by atoms with Crippen LogP contribution in [0.3, 0.4) is 0 Å². The number of furan rings is 1. The summed E-state index contributed by atoms with van der Waals surface area (Å²) in [7, 11) is 0. The van der Waals surface area contributed by atoms with E-state index in [-0.39, 0.29) is 0 Å². The number of hydrogen-bond acceptors (Lipinski definition) is 5. The van der Waals surface area contributed by atoms with Crippen molar-refractivity contribution in [3.8, 4) is 11.4 Å². The SMILES string of the molecule is Cc1occc1-c1noc(C2CCNC2C)n1. The van der Waals surface area contributed by atoms with Gasteiger partial charge in [0.15, 0.2) is 0 Å². The predicted octanol–water partition coefficient (Wildman–Crippen LogP) is 2.10. The summed E-state index contributed by atoms with van der Waals surface area (Å²) in [6.07, 6.45) is 2.69. The van der Waals surface area contributed by atoms with Gasteiger partial charge in [-0.05, 0) is 32.9 Å². The molecule has 2 unspecified atom stereocenters. The van der Waals surface area contributed by atoms with E-state index >= 15 is 0 Å². The molecule has 3 heterocycles. The molecule has 3 rings (SSSR count). The summed E-state index contributed by atoms with van der Waals surface area (Å²) in [5, 5.41) is 7.40. The van der Waals surface area contributed by atoms with Crippen molar-refractivity contribution in [2.24, 2.45) is 0 Å². The van der Waals surface area contributed by atoms with Gasteiger partial charge in [0.25, 0.3) is 0 Å². The van der Waals surface area contributed by atoms with Gasteiger partial charge in [0.1, 0.15) is 5.76 Å². The van der Waals surface area contributed by atoms with Gasteiger partial charge in [-0.25, -0.2) is 0 Å². The molecule has 1 aliphatic rings. The molecule has 0 aromatic carbocycles. The standard InChI is InChI=1S/C12H15N3O2/c1-7-9(3-5-13-7)12-14-11(15-17-12)10-4-6-16-8(10)2/h4,6-7,9,13H,3,5H2,1-2H3. The van der Waals surface area contributed by atoms with Gasteiger partial charge in [0, 0.05) is 6.04 Å². The van der Waals surface area contributed by atoms with Crippen molar-refractivity contribution in [3.05, 3.63) is 24.0 Å². The Hall–Kier alpha value is -1.62. The Morgan fingerprint density at radius 2 is 2.35 bits per heavy atom. The number of aryl methyl sites for hydroxylation is 1. The highest BCUT2D eigenvalue weighted by Gasteiger charge is 2.29. The molecule has 5 nitrogen and oxygen atoms in total. The predicted molar refractivity (Wildman–Crippen MR) is 61.6 cm³/mol. The van der Waals surface area contributed by atoms with E-state index in [1.54, 1.807) is 6.26 Å². The molecule has 0 spiro atoms. The van der Waals surface area contributed by atoms with E-state index in [1.165, 1.54) is 0 Å². The molecule has 2 atom stereocenters. The Balaban J connectivity index is 1.90. The zero-order valence-electron chi connectivity index (χ0n) is 9.93. The third-order valence-corrected chi connectivity index (χ3v) is 3.38. The topological polar surface area (TPSA) is 64.1 Å². The van der Waals surface area contributed by atoms with E-state index in [1.807, 2.05) is 13.0 Å². The van der Waals surface area contributed by atoms with Crippen molar-refractivity contribution in [1.82, 2.24) is 15.5 Å². The molecule has 1 aliphatic heterocycles. The average molecular weight is 233 g/mol. The fourth-order valence-corrected chi connectivity index (χ4v) is 2.31. The monoisotopic (exact) mass is 233 g/mol. The van der Waals surface area contributed by atoms with Gasteiger partial charge in [0.2, 0.25) is 11.7 Å². The van der Waals surface area contributed by atoms with Crippen LogP contribution in [0.15, 0.2) is 21.3 Å². The van der Waals surface area contributed by atoms with E-state index in [9.17, 15) is 0 Å². The zero-order chi connectivity index (χ0) is 11.8. The highest BCUT2D eigenvalue weighted by atomic mass is 16.5. The molecule has 2 aromatic heterocycles. The molecule has 0 bridgehead atoms. The lowest BCUT2D eigenvalue weighted by Crippen LogP contribution is -2.21. The second kappa shape index (κ2) is 4.00. The molecule has 0 saturated carbocycles. The first-order valence-electron chi connectivity index (χ1n) is 5.87. The van der Waals surface area contributed by atoms with Crippen LogP contribution in [0.2, 0.25) is 0 Å². The third-order valence-electron chi connectivity index (χ3n) is 3.38. The fourth-order valence-electron chi connectivity index (χ4n) is 2.31. The molecule has 0 radical (unpaired) electrons. The third kappa shape index (κ3) is 1.76. The molecule has 1 fully saturated rings. The first-order chi connectivity index (χ1) is 8.25. The van der Waals surface area contributed by atoms with Crippen LogP contribution in [0.5, 0.6) is 0 Å². The van der Waals surface area contributed by atoms with Crippen LogP contribution in [0, 0.1) is 6.92 Å². The lowest BCUT2D eigenvalue weighted by Gasteiger charge is -2.08. The van der Waals surface area contributed by atoms with E-state index in [0.717, 1.165) is 30.2 Å². The lowest BCUT2D eigenvalue weighted by atomic mass is 10.0. The molecule has 17 heavy (non-hydrogen) atoms. The molecule has 0 aliphatic carbocycles. The maximum atomic E-state index is 5.36. The second-order valence-corrected chi connectivity index (χ2v) is 4.48. The fraction of sp³-hybridized carbons (Fsp3) is 0.500. The van der Waals surface area contributed by atoms with Crippen molar-refractivity contribution in [3.63, 3.8) is 0 Å². The van der Waals surface area contributed by atoms with Gasteiger partial charge in [-0.15, -0.1) is 0 Å². The van der Waals surface area contributed by atoms with Crippen LogP contribution in [-0.2, 0) is 0 Å². The molecular formula is C12H15N3O2. The van der Waals surface area contributed by atoms with E-state index in [2.05, 4.69) is 22.4 Å². The number of nitrogens with one attached hydrogen (secondary N) is 1. The van der Waals surface area contributed by atoms with Crippen molar-refractivity contribution in [2.75, 3.05) is 6.54 Å². The summed E-state index contributed by atoms with van der Waals surface area (Å²) in [5.41, 5.74) is 0.901. The number of hydrogen-bond donors (Lipinski definition) is 1. The smallest absolute Gasteiger partial charge is 0.231 e. The summed E-state index contributed by atoms with van der Waals surface area (Å²) in [5.74, 6) is 2.47. The van der Waals surface area contributed by atoms with Crippen LogP contribution in [0.1, 0.15) is 30.9 Å². The molecular weight excluding hydrogens is 218 g/mol. The number of nitrogens with zero attached hydrogens (tertiary/aromatic N) is 2. The molecule has 1 N–H and O–H groups in total. The molecule has 5 heteroatoms. The summed E-state index contributed by atoms with van der Waals surface area (Å²) in [6, 6.07) is 2.26. The van der Waals surface area contributed by atoms with Crippen LogP contribution in [0.25, 0.3) is 11.4 Å². The number of rotatable bonds is 2. The second-order valence-electron chi connectivity index (χ2n) is 4.48. The Kier molecular flexibility index (Phi) is 2.48. The Bertz CT molecular complexity index is 517. The lowest BCUT2D eigenvalue weighted by molar-refractivity contribution is 0.345. The molecule has 1 saturated heterocycles. The van der Waals surface area contributed by atoms with Gasteiger partial charge in [0.05, 0.1) is 17.7 Å². The van der Waals surface area contributed by atoms with Gasteiger partial charge in [-0.1, -0.05) is 5.16 Å². The van der Waals surface area contributed by atoms with Gasteiger partial charge >= 0.3 is 0 Å². The van der Waals surface area contributed by atoms with Gasteiger partial charge < -0.3 is 14.3 Å². The van der Waals surface area contributed by atoms with E-state index < -0.39 is 0 Å². The van der Waals surface area contributed by atoms with Crippen molar-refractivity contribution in [1.29, 1.82) is 0 Å². The quantitative estimate of drug-likeness (QED) is 0.860. The minimum absolute atomic E-state index is 0.323. The van der Waals surface area contributed by atoms with Crippen LogP contribution < -0.4 is 5.32 Å². The Labute approximate surface area is 99.2 Å². The van der Waals surface area contributed by atoms with E-state index in [4.69, 9.17) is 8.94 Å². The summed E-state index contributed by atoms with van der Waals surface area (Å²) in [4.78, 5) is 4.47. The Morgan fingerprint density at radius 1 is 1.47 bits per heavy atom. The van der Waals surface area contributed by atoms with Crippen LogP contribution in [0.4, 0.5) is 0 Å². The van der Waals surface area contributed by atoms with Gasteiger partial charge in [-0.2, -0.15) is 4.98 Å². The highest BCUT2D eigenvalue weighted by Crippen LogP contribution is 2.28. The van der Waals surface area contributed by atoms with E-state index in [0.29, 0.717) is 17.8 Å². The van der Waals surface area contributed by atoms with Gasteiger partial charge in [-0.3, -0.25) is 0 Å². The van der Waals surface area contributed by atoms with Crippen LogP contribution >= 0.6 is 0 Å². The maximum Gasteiger partial charge on any atom is 0.231 e. The molecule has 90 valence electrons. The van der Waals surface area contributed by atoms with Crippen molar-refractivity contribution < 1.29 is 8.94 Å². The number of aromatic nitrogens is 2. The normalized spacial score (nSPS) is 24.4. The molecule has 2 aromatic rings. The summed E-state index contributed by atoms with van der Waals surface area (Å²) in [6.45, 7) is 5.05. The highest BCUT2D eigenvalue weighted by molar-refractivity contribution is 5.56. The average Bonchev–Trinajstić information content (AvgIpc) is 2.97. The Morgan fingerprint density at radius 3 is 3.00 bits per heavy atom. The van der Waals surface area contributed by atoms with Crippen LogP contribution in [-0.4, -0.2) is 22.7 Å². The first kappa shape index (κ1) is 10.5. The first-order valence-corrected chi connectivity index (χ1v) is 5.87. The summed E-state index contributed by atoms with van der Waals surface area (Å²) < 4.78 is 10.6. The summed E-state index contributed by atoms with van der Waals surface area (Å²) >= 11 is 0. The minimum atomic E-state index is 0.323. The zero-order valence-corrected chi connectivity index (χ0v) is 9.93. The maximum absolute atomic E-state index is 5.36. The molecule has 0 amide bonds. The minimum Gasteiger partial charge on any atom is -0.469 e. The largest absolute Gasteiger partial charge is 0.469 e. The van der Waals surface area contributed by atoms with Crippen molar-refractivity contribution >= 4 is 0 Å². The van der Waals surface area contributed by atoms with Crippen molar-refractivity contribution in [2.45, 2.75) is 32.2 Å².